The lowest BCUT2D eigenvalue weighted by Gasteiger charge is -2.42. The van der Waals surface area contributed by atoms with Crippen LogP contribution in [0, 0.1) is 41.9 Å². The maximum Gasteiger partial charge on any atom is 0.329 e. The van der Waals surface area contributed by atoms with Gasteiger partial charge in [-0.3, -0.25) is 14.4 Å². The molecule has 0 unspecified atom stereocenters. The summed E-state index contributed by atoms with van der Waals surface area (Å²) in [5.74, 6) is 1.64. The Kier molecular flexibility index (Phi) is 25.0. The fourth-order valence-corrected chi connectivity index (χ4v) is 10.8. The van der Waals surface area contributed by atoms with E-state index in [4.69, 9.17) is 46.4 Å². The second-order valence-electron chi connectivity index (χ2n) is 20.9. The van der Waals surface area contributed by atoms with Gasteiger partial charge in [0.15, 0.2) is 5.78 Å². The number of nitrogens with two attached hydrogens (primary N) is 2. The summed E-state index contributed by atoms with van der Waals surface area (Å²) < 4.78 is 36.2. The van der Waals surface area contributed by atoms with Gasteiger partial charge in [-0.1, -0.05) is 64.2 Å². The average Bonchev–Trinajstić information content (AvgIpc) is 3.36. The molecule has 4 rings (SSSR count). The van der Waals surface area contributed by atoms with Crippen LogP contribution in [0.15, 0.2) is 52.7 Å². The van der Waals surface area contributed by atoms with Crippen molar-refractivity contribution in [3.63, 3.8) is 0 Å². The molecule has 6 N–H and O–H groups in total. The standard InChI is InChI=1S/C56H88N4O12/c1-11-12-13-19-28-70-46-26-24-41(32-49(46)68-9)31-43(57)48-34-44(59-58)37(4)30-39(6)51(62)52(69-10)50(61)38(5)29-35(2)20-15-14-16-21-36(3)47(67-8)33-42-25-23-40(7)56(66,72-42)53(63)54(64)60-27-18-17-22-45(60)55(65)71-48/h1,14-16,20-21,30,35,37-38,40-43,45-49,51-52,62,66H,12-13,17-19,22-29,31-34,57-58H2,2-10H3/b16-14+,20-15+,36-21+,39-30+,59-44-/t35-,37-,38-,40-,41+,42+,43-,45+,46-,47+,48+,49-,51-,52+,56-/m1/s1. The van der Waals surface area contributed by atoms with E-state index in [2.05, 4.69) is 11.0 Å². The number of carbonyl (C=O) groups excluding carboxylic acids is 4. The summed E-state index contributed by atoms with van der Waals surface area (Å²) in [6.07, 6.45) is 20.3. The van der Waals surface area contributed by atoms with E-state index in [1.54, 1.807) is 34.1 Å². The summed E-state index contributed by atoms with van der Waals surface area (Å²) >= 11 is 0. The maximum absolute atomic E-state index is 14.6. The fourth-order valence-electron chi connectivity index (χ4n) is 10.8. The first-order chi connectivity index (χ1) is 34.3. The number of terminal acetylenes is 1. The Bertz CT molecular complexity index is 1980. The molecule has 1 saturated carbocycles. The van der Waals surface area contributed by atoms with E-state index in [9.17, 15) is 29.4 Å². The molecule has 0 aromatic heterocycles. The number of piperidine rings is 1. The fraction of sp³-hybridized carbons (Fsp3) is 0.732. The minimum absolute atomic E-state index is 0.00174. The number of methoxy groups -OCH3 is 3. The lowest BCUT2D eigenvalue weighted by Crippen LogP contribution is -2.61. The van der Waals surface area contributed by atoms with Crippen LogP contribution in [0.2, 0.25) is 0 Å². The van der Waals surface area contributed by atoms with E-state index < -0.39 is 83.8 Å². The number of ketones is 2. The van der Waals surface area contributed by atoms with Gasteiger partial charge in [-0.05, 0) is 114 Å². The first-order valence-electron chi connectivity index (χ1n) is 26.4. The van der Waals surface area contributed by atoms with Crippen molar-refractivity contribution in [2.45, 2.75) is 198 Å². The van der Waals surface area contributed by atoms with Gasteiger partial charge in [0.1, 0.15) is 24.4 Å². The zero-order valence-electron chi connectivity index (χ0n) is 44.7. The second-order valence-corrected chi connectivity index (χ2v) is 20.9. The SMILES string of the molecule is C#CCCCCO[C@@H]1CC[C@@H](C[C@@H](N)[C@@H]2C/C(=N/N)[C@H](C)/C=C(\C)[C@@H](O)[C@@H](OC)C(=O)[C@H](C)C[C@H](C)/C=C/C=C/C=C(\C)[C@@H](OC)C[C@@H]3CC[C@@H](C)[C@@](O)(O3)C(=O)C(=O)N3CCCC[C@H]3C(=O)O2)C[C@H]1OC. The second kappa shape index (κ2) is 29.7. The van der Waals surface area contributed by atoms with Crippen LogP contribution in [0.4, 0.5) is 0 Å². The van der Waals surface area contributed by atoms with Gasteiger partial charge in [-0.15, -0.1) is 12.3 Å². The summed E-state index contributed by atoms with van der Waals surface area (Å²) in [6.45, 7) is 11.7. The van der Waals surface area contributed by atoms with Crippen molar-refractivity contribution in [3.8, 4) is 12.3 Å². The van der Waals surface area contributed by atoms with E-state index in [0.717, 1.165) is 31.3 Å². The number of aliphatic hydroxyl groups is 2. The molecule has 3 heterocycles. The number of allylic oxidation sites excluding steroid dienone is 6. The zero-order chi connectivity index (χ0) is 53.1. The van der Waals surface area contributed by atoms with Crippen molar-refractivity contribution in [1.82, 2.24) is 4.90 Å². The Morgan fingerprint density at radius 1 is 0.917 bits per heavy atom. The Morgan fingerprint density at radius 3 is 2.35 bits per heavy atom. The molecule has 0 aromatic rings. The molecule has 3 aliphatic heterocycles. The van der Waals surface area contributed by atoms with Gasteiger partial charge in [0.05, 0.1) is 24.4 Å². The number of rotatable bonds is 11. The molecule has 0 radical (unpaired) electrons. The number of amides is 1. The van der Waals surface area contributed by atoms with Crippen LogP contribution < -0.4 is 11.6 Å². The van der Waals surface area contributed by atoms with Gasteiger partial charge in [0, 0.05) is 83.3 Å². The van der Waals surface area contributed by atoms with Gasteiger partial charge < -0.3 is 55.1 Å². The Labute approximate surface area is 429 Å². The van der Waals surface area contributed by atoms with E-state index >= 15 is 0 Å². The third kappa shape index (κ3) is 16.7. The monoisotopic (exact) mass is 1010 g/mol. The largest absolute Gasteiger partial charge is 0.459 e. The third-order valence-electron chi connectivity index (χ3n) is 15.4. The summed E-state index contributed by atoms with van der Waals surface area (Å²) in [5.41, 5.74) is 8.84. The van der Waals surface area contributed by atoms with Gasteiger partial charge >= 0.3 is 5.97 Å². The van der Waals surface area contributed by atoms with Crippen LogP contribution in [0.25, 0.3) is 0 Å². The van der Waals surface area contributed by atoms with Gasteiger partial charge in [0.2, 0.25) is 5.79 Å². The van der Waals surface area contributed by atoms with Gasteiger partial charge in [-0.2, -0.15) is 5.10 Å². The van der Waals surface area contributed by atoms with Crippen LogP contribution in [0.3, 0.4) is 0 Å². The zero-order valence-corrected chi connectivity index (χ0v) is 44.7. The smallest absolute Gasteiger partial charge is 0.329 e. The summed E-state index contributed by atoms with van der Waals surface area (Å²) in [4.78, 5) is 58.4. The number of cyclic esters (lactones) is 1. The number of carbonyl (C=O) groups is 4. The molecule has 3 fully saturated rings. The highest BCUT2D eigenvalue weighted by atomic mass is 16.6. The number of aliphatic hydroxyl groups excluding tert-OH is 1. The topological polar surface area (TPSA) is 232 Å². The van der Waals surface area contributed by atoms with E-state index in [-0.39, 0.29) is 49.2 Å². The van der Waals surface area contributed by atoms with Crippen LogP contribution in [-0.2, 0) is 47.6 Å². The molecular formula is C56H88N4O12. The quantitative estimate of drug-likeness (QED) is 0.0332. The normalized spacial score (nSPS) is 38.1. The van der Waals surface area contributed by atoms with Crippen molar-refractivity contribution >= 4 is 29.2 Å². The first-order valence-corrected chi connectivity index (χ1v) is 26.4. The summed E-state index contributed by atoms with van der Waals surface area (Å²) in [6, 6.07) is -1.88. The first kappa shape index (κ1) is 60.5. The van der Waals surface area contributed by atoms with Gasteiger partial charge in [-0.25, -0.2) is 4.79 Å². The average molecular weight is 1010 g/mol. The van der Waals surface area contributed by atoms with E-state index in [0.29, 0.717) is 75.7 Å². The van der Waals surface area contributed by atoms with Crippen LogP contribution in [0.5, 0.6) is 0 Å². The van der Waals surface area contributed by atoms with Crippen LogP contribution in [-0.4, -0.2) is 139 Å². The predicted molar refractivity (Wildman–Crippen MR) is 277 cm³/mol. The molecule has 16 nitrogen and oxygen atoms in total. The van der Waals surface area contributed by atoms with Gasteiger partial charge in [0.25, 0.3) is 11.7 Å². The molecule has 1 amide bonds. The van der Waals surface area contributed by atoms with Crippen molar-refractivity contribution < 1.29 is 57.8 Å². The highest BCUT2D eigenvalue weighted by Crippen LogP contribution is 2.37. The summed E-state index contributed by atoms with van der Waals surface area (Å²) in [5, 5.41) is 27.8. The molecular weight excluding hydrogens is 921 g/mol. The number of unbranched alkanes of at least 4 members (excludes halogenated alkanes) is 2. The highest BCUT2D eigenvalue weighted by Gasteiger charge is 2.53. The molecule has 4 aliphatic rings. The number of hydrogen-bond donors (Lipinski definition) is 4. The molecule has 2 bridgehead atoms. The minimum Gasteiger partial charge on any atom is -0.459 e. The van der Waals surface area contributed by atoms with Crippen LogP contribution in [0.1, 0.15) is 138 Å². The Morgan fingerprint density at radius 2 is 1.67 bits per heavy atom. The number of hydrazone groups is 1. The molecule has 0 aromatic carbocycles. The third-order valence-corrected chi connectivity index (χ3v) is 15.4. The minimum atomic E-state index is -2.44. The van der Waals surface area contributed by atoms with Crippen LogP contribution >= 0.6 is 0 Å². The van der Waals surface area contributed by atoms with E-state index in [1.807, 2.05) is 58.1 Å². The predicted octanol–water partition coefficient (Wildman–Crippen LogP) is 6.45. The number of hydrogen-bond acceptors (Lipinski definition) is 15. The highest BCUT2D eigenvalue weighted by molar-refractivity contribution is 6.39. The number of esters is 1. The number of nitrogens with zero attached hydrogens (tertiary/aromatic N) is 2. The van der Waals surface area contributed by atoms with Crippen molar-refractivity contribution in [3.05, 3.63) is 47.6 Å². The molecule has 2 saturated heterocycles. The lowest BCUT2D eigenvalue weighted by molar-refractivity contribution is -0.265. The Balaban J connectivity index is 1.70. The van der Waals surface area contributed by atoms with Crippen molar-refractivity contribution in [1.29, 1.82) is 0 Å². The number of ether oxygens (including phenoxy) is 6. The molecule has 16 heteroatoms. The lowest BCUT2D eigenvalue weighted by atomic mass is 9.80. The van der Waals surface area contributed by atoms with E-state index in [1.165, 1.54) is 12.0 Å². The molecule has 404 valence electrons. The number of Topliss-reactive ketones (excluding diaryl/α,β-unsaturated/α-hetero) is 2. The van der Waals surface area contributed by atoms with Crippen molar-refractivity contribution in [2.75, 3.05) is 34.5 Å². The molecule has 72 heavy (non-hydrogen) atoms. The number of fused-ring (bicyclic) bond motifs is 3. The molecule has 1 aliphatic carbocycles. The summed E-state index contributed by atoms with van der Waals surface area (Å²) in [7, 11) is 4.65. The molecule has 15 atom stereocenters. The maximum atomic E-state index is 14.6. The van der Waals surface area contributed by atoms with Crippen molar-refractivity contribution in [2.24, 2.45) is 46.3 Å². The Hall–Kier alpha value is -4.05. The molecule has 0 spiro atoms.